The topological polar surface area (TPSA) is 73.0 Å². The largest absolute Gasteiger partial charge is 0.352 e. The van der Waals surface area contributed by atoms with Crippen LogP contribution in [0.5, 0.6) is 0 Å². The van der Waals surface area contributed by atoms with Crippen LogP contribution in [0, 0.1) is 11.7 Å². The molecule has 4 rings (SSSR count). The van der Waals surface area contributed by atoms with Crippen LogP contribution in [0.4, 0.5) is 4.39 Å². The molecule has 1 aromatic carbocycles. The van der Waals surface area contributed by atoms with E-state index in [1.165, 1.54) is 46.7 Å². The van der Waals surface area contributed by atoms with Gasteiger partial charge in [0.05, 0.1) is 11.6 Å². The average molecular weight is 500 g/mol. The predicted molar refractivity (Wildman–Crippen MR) is 134 cm³/mol. The van der Waals surface area contributed by atoms with Gasteiger partial charge in [-0.1, -0.05) is 37.9 Å². The number of benzene rings is 1. The standard InChI is InChI=1S/C26H31ClFN5O2/c1-18(2)14-21(34)17-32-25(20-7-8-23(28)22(27)15-20)30-33(26(32)35)24-9-6-19(16-29-24)10-13-31-11-4-3-5-12-31/h6-9,15-16,18H,3-5,10-14,17H2,1-2H3. The van der Waals surface area contributed by atoms with Crippen molar-refractivity contribution in [1.82, 2.24) is 24.2 Å². The van der Waals surface area contributed by atoms with E-state index in [2.05, 4.69) is 15.0 Å². The molecule has 0 unspecified atom stereocenters. The fourth-order valence-electron chi connectivity index (χ4n) is 4.39. The quantitative estimate of drug-likeness (QED) is 0.432. The van der Waals surface area contributed by atoms with Gasteiger partial charge in [0.25, 0.3) is 0 Å². The van der Waals surface area contributed by atoms with E-state index < -0.39 is 11.5 Å². The lowest BCUT2D eigenvalue weighted by Gasteiger charge is -2.26. The third kappa shape index (κ3) is 6.24. The van der Waals surface area contributed by atoms with Gasteiger partial charge in [-0.2, -0.15) is 4.68 Å². The van der Waals surface area contributed by atoms with Crippen molar-refractivity contribution in [2.24, 2.45) is 5.92 Å². The lowest BCUT2D eigenvalue weighted by Crippen LogP contribution is -2.31. The van der Waals surface area contributed by atoms with Crippen LogP contribution in [0.2, 0.25) is 5.02 Å². The number of carbonyl (C=O) groups excluding carboxylic acids is 1. The number of rotatable bonds is 9. The van der Waals surface area contributed by atoms with Gasteiger partial charge in [0, 0.05) is 24.7 Å². The first-order valence-electron chi connectivity index (χ1n) is 12.2. The number of hydrogen-bond acceptors (Lipinski definition) is 5. The van der Waals surface area contributed by atoms with Crippen molar-refractivity contribution in [1.29, 1.82) is 0 Å². The number of halogens is 2. The lowest BCUT2D eigenvalue weighted by molar-refractivity contribution is -0.120. The Morgan fingerprint density at radius 1 is 1.14 bits per heavy atom. The van der Waals surface area contributed by atoms with E-state index in [0.29, 0.717) is 17.8 Å². The zero-order chi connectivity index (χ0) is 24.9. The van der Waals surface area contributed by atoms with Crippen molar-refractivity contribution in [2.45, 2.75) is 52.5 Å². The number of hydrogen-bond donors (Lipinski definition) is 0. The Bertz CT molecular complexity index is 1230. The van der Waals surface area contributed by atoms with Crippen LogP contribution in [-0.2, 0) is 17.8 Å². The molecule has 3 heterocycles. The molecule has 0 atom stereocenters. The van der Waals surface area contributed by atoms with Crippen LogP contribution in [0.25, 0.3) is 17.2 Å². The fraction of sp³-hybridized carbons (Fsp3) is 0.462. The van der Waals surface area contributed by atoms with Crippen LogP contribution < -0.4 is 5.69 Å². The van der Waals surface area contributed by atoms with E-state index >= 15 is 0 Å². The molecule has 1 saturated heterocycles. The highest BCUT2D eigenvalue weighted by Crippen LogP contribution is 2.24. The monoisotopic (exact) mass is 499 g/mol. The molecule has 1 aliphatic heterocycles. The van der Waals surface area contributed by atoms with Crippen molar-refractivity contribution >= 4 is 17.4 Å². The lowest BCUT2D eigenvalue weighted by atomic mass is 10.1. The van der Waals surface area contributed by atoms with Gasteiger partial charge >= 0.3 is 5.69 Å². The normalized spacial score (nSPS) is 14.5. The highest BCUT2D eigenvalue weighted by molar-refractivity contribution is 6.31. The number of carbonyl (C=O) groups is 1. The Kier molecular flexibility index (Phi) is 8.13. The van der Waals surface area contributed by atoms with Crippen LogP contribution in [0.15, 0.2) is 41.3 Å². The minimum Gasteiger partial charge on any atom is -0.303 e. The molecule has 35 heavy (non-hydrogen) atoms. The second kappa shape index (κ2) is 11.3. The summed E-state index contributed by atoms with van der Waals surface area (Å²) in [5, 5.41) is 4.38. The van der Waals surface area contributed by atoms with E-state index in [1.807, 2.05) is 19.9 Å². The van der Waals surface area contributed by atoms with Crippen LogP contribution in [0.3, 0.4) is 0 Å². The minimum absolute atomic E-state index is 0.0826. The molecular weight excluding hydrogens is 469 g/mol. The van der Waals surface area contributed by atoms with Gasteiger partial charge < -0.3 is 4.90 Å². The number of pyridine rings is 1. The Hall–Kier alpha value is -2.84. The Labute approximate surface area is 209 Å². The minimum atomic E-state index is -0.568. The highest BCUT2D eigenvalue weighted by atomic mass is 35.5. The molecule has 0 N–H and O–H groups in total. The van der Waals surface area contributed by atoms with Crippen molar-refractivity contribution in [2.75, 3.05) is 19.6 Å². The zero-order valence-corrected chi connectivity index (χ0v) is 21.0. The molecule has 7 nitrogen and oxygen atoms in total. The number of Topliss-reactive ketones (excluding diaryl/α,β-unsaturated/α-hetero) is 1. The number of aromatic nitrogens is 4. The molecule has 1 aliphatic rings. The van der Waals surface area contributed by atoms with E-state index in [1.54, 1.807) is 12.3 Å². The summed E-state index contributed by atoms with van der Waals surface area (Å²) in [6, 6.07) is 7.84. The molecule has 0 saturated carbocycles. The second-order valence-corrected chi connectivity index (χ2v) is 9.95. The number of likely N-dealkylation sites (tertiary alicyclic amines) is 1. The molecule has 0 amide bonds. The Morgan fingerprint density at radius 2 is 1.91 bits per heavy atom. The first-order valence-corrected chi connectivity index (χ1v) is 12.5. The molecule has 9 heteroatoms. The van der Waals surface area contributed by atoms with Gasteiger partial charge in [-0.3, -0.25) is 9.36 Å². The van der Waals surface area contributed by atoms with Crippen molar-refractivity contribution in [3.05, 3.63) is 63.4 Å². The number of ketones is 1. The van der Waals surface area contributed by atoms with Gasteiger partial charge in [-0.25, -0.2) is 14.2 Å². The maximum Gasteiger partial charge on any atom is 0.352 e. The highest BCUT2D eigenvalue weighted by Gasteiger charge is 2.20. The average Bonchev–Trinajstić information content (AvgIpc) is 3.16. The number of piperidine rings is 1. The second-order valence-electron chi connectivity index (χ2n) is 9.55. The van der Waals surface area contributed by atoms with Crippen LogP contribution in [-0.4, -0.2) is 49.6 Å². The van der Waals surface area contributed by atoms with Gasteiger partial charge in [-0.05, 0) is 68.1 Å². The smallest absolute Gasteiger partial charge is 0.303 e. The van der Waals surface area contributed by atoms with Crippen molar-refractivity contribution in [3.8, 4) is 17.2 Å². The van der Waals surface area contributed by atoms with E-state index in [9.17, 15) is 14.0 Å². The van der Waals surface area contributed by atoms with Crippen molar-refractivity contribution in [3.63, 3.8) is 0 Å². The summed E-state index contributed by atoms with van der Waals surface area (Å²) in [5.41, 5.74) is 1.05. The summed E-state index contributed by atoms with van der Waals surface area (Å²) in [6.07, 6.45) is 6.81. The molecule has 0 aliphatic carbocycles. The summed E-state index contributed by atoms with van der Waals surface area (Å²) in [5.74, 6) is 0.112. The Balaban J connectivity index is 1.62. The SMILES string of the molecule is CC(C)CC(=O)Cn1c(-c2ccc(F)c(Cl)c2)nn(-c2ccc(CCN3CCCCC3)cn2)c1=O. The predicted octanol–water partition coefficient (Wildman–Crippen LogP) is 4.53. The molecule has 2 aromatic heterocycles. The maximum atomic E-state index is 13.7. The fourth-order valence-corrected chi connectivity index (χ4v) is 4.57. The summed E-state index contributed by atoms with van der Waals surface area (Å²) >= 11 is 5.98. The van der Waals surface area contributed by atoms with Gasteiger partial charge in [-0.15, -0.1) is 5.10 Å². The Morgan fingerprint density at radius 3 is 2.57 bits per heavy atom. The van der Waals surface area contributed by atoms with Gasteiger partial charge in [0.15, 0.2) is 17.4 Å². The van der Waals surface area contributed by atoms with Gasteiger partial charge in [0.2, 0.25) is 0 Å². The number of nitrogens with zero attached hydrogens (tertiary/aromatic N) is 5. The third-order valence-electron chi connectivity index (χ3n) is 6.20. The maximum absolute atomic E-state index is 13.7. The van der Waals surface area contributed by atoms with E-state index in [-0.39, 0.29) is 29.1 Å². The first kappa shape index (κ1) is 25.3. The van der Waals surface area contributed by atoms with Crippen LogP contribution in [0.1, 0.15) is 45.1 Å². The molecule has 0 radical (unpaired) electrons. The summed E-state index contributed by atoms with van der Waals surface area (Å²) in [6.45, 7) is 7.04. The summed E-state index contributed by atoms with van der Waals surface area (Å²) < 4.78 is 16.2. The van der Waals surface area contributed by atoms with Crippen molar-refractivity contribution < 1.29 is 9.18 Å². The van der Waals surface area contributed by atoms with E-state index in [0.717, 1.165) is 31.6 Å². The summed E-state index contributed by atoms with van der Waals surface area (Å²) in [7, 11) is 0. The molecule has 0 spiro atoms. The third-order valence-corrected chi connectivity index (χ3v) is 6.49. The molecular formula is C26H31ClFN5O2. The molecule has 186 valence electrons. The first-order chi connectivity index (χ1) is 16.8. The summed E-state index contributed by atoms with van der Waals surface area (Å²) in [4.78, 5) is 32.8. The molecule has 0 bridgehead atoms. The van der Waals surface area contributed by atoms with E-state index in [4.69, 9.17) is 11.6 Å². The molecule has 3 aromatic rings. The molecule has 1 fully saturated rings. The van der Waals surface area contributed by atoms with Crippen LogP contribution >= 0.6 is 11.6 Å². The zero-order valence-electron chi connectivity index (χ0n) is 20.2. The van der Waals surface area contributed by atoms with Gasteiger partial charge in [0.1, 0.15) is 5.82 Å².